The molecule has 0 atom stereocenters. The summed E-state index contributed by atoms with van der Waals surface area (Å²) >= 11 is 0. The van der Waals surface area contributed by atoms with E-state index < -0.39 is 25.7 Å². The Morgan fingerprint density at radius 1 is 0.529 bits per heavy atom. The first-order valence-corrected chi connectivity index (χ1v) is 20.0. The highest BCUT2D eigenvalue weighted by Gasteiger charge is 2.30. The Labute approximate surface area is 212 Å². The third-order valence-corrected chi connectivity index (χ3v) is 16.5. The molecule has 0 unspecified atom stereocenters. The molecule has 0 aliphatic heterocycles. The van der Waals surface area contributed by atoms with Gasteiger partial charge in [-0.25, -0.2) is 0 Å². The monoisotopic (exact) mass is 530 g/mol. The standard InChI is InChI=1S/C25H50O6Si3/c1-22-24(15-12-18-33(9,28-4)29-5)20-23(14-11-17-32(8,26-2)27-3)21-25(22)16-13-19-34(10,30-6)31-7/h20-21H,11-19H2,1-10H3. The van der Waals surface area contributed by atoms with Crippen molar-refractivity contribution in [2.45, 2.75) is 83.2 Å². The van der Waals surface area contributed by atoms with Gasteiger partial charge in [-0.05, 0) is 105 Å². The summed E-state index contributed by atoms with van der Waals surface area (Å²) < 4.78 is 34.1. The Kier molecular flexibility index (Phi) is 14.0. The Bertz CT molecular complexity index is 674. The molecule has 0 aliphatic rings. The second kappa shape index (κ2) is 15.0. The van der Waals surface area contributed by atoms with Crippen LogP contribution in [-0.4, -0.2) is 68.3 Å². The van der Waals surface area contributed by atoms with Gasteiger partial charge in [0.05, 0.1) is 0 Å². The number of hydrogen-bond donors (Lipinski definition) is 0. The molecule has 0 heterocycles. The molecule has 34 heavy (non-hydrogen) atoms. The molecule has 0 saturated carbocycles. The van der Waals surface area contributed by atoms with Crippen LogP contribution in [0.4, 0.5) is 0 Å². The maximum atomic E-state index is 5.69. The summed E-state index contributed by atoms with van der Waals surface area (Å²) in [5, 5.41) is 0. The highest BCUT2D eigenvalue weighted by Crippen LogP contribution is 2.26. The largest absolute Gasteiger partial charge is 0.398 e. The second-order valence-electron chi connectivity index (χ2n) is 9.73. The topological polar surface area (TPSA) is 55.4 Å². The average molecular weight is 531 g/mol. The van der Waals surface area contributed by atoms with E-state index in [2.05, 4.69) is 38.7 Å². The van der Waals surface area contributed by atoms with Gasteiger partial charge in [0, 0.05) is 42.7 Å². The van der Waals surface area contributed by atoms with Gasteiger partial charge in [-0.3, -0.25) is 0 Å². The van der Waals surface area contributed by atoms with Crippen LogP contribution in [0.15, 0.2) is 12.1 Å². The van der Waals surface area contributed by atoms with E-state index in [0.29, 0.717) is 0 Å². The lowest BCUT2D eigenvalue weighted by Gasteiger charge is -2.24. The second-order valence-corrected chi connectivity index (χ2v) is 20.5. The molecule has 0 N–H and O–H groups in total. The van der Waals surface area contributed by atoms with Gasteiger partial charge in [-0.2, -0.15) is 0 Å². The molecule has 0 amide bonds. The van der Waals surface area contributed by atoms with Gasteiger partial charge >= 0.3 is 25.7 Å². The molecule has 0 bridgehead atoms. The summed E-state index contributed by atoms with van der Waals surface area (Å²) in [6, 6.07) is 7.82. The summed E-state index contributed by atoms with van der Waals surface area (Å²) in [4.78, 5) is 0. The van der Waals surface area contributed by atoms with Gasteiger partial charge in [0.25, 0.3) is 0 Å². The summed E-state index contributed by atoms with van der Waals surface area (Å²) in [6.07, 6.45) is 6.36. The van der Waals surface area contributed by atoms with Crippen LogP contribution < -0.4 is 0 Å². The third kappa shape index (κ3) is 9.94. The van der Waals surface area contributed by atoms with Gasteiger partial charge in [0.1, 0.15) is 0 Å². The van der Waals surface area contributed by atoms with Gasteiger partial charge < -0.3 is 26.6 Å². The van der Waals surface area contributed by atoms with Crippen LogP contribution in [0.3, 0.4) is 0 Å². The first kappa shape index (κ1) is 31.7. The van der Waals surface area contributed by atoms with Crippen molar-refractivity contribution in [3.05, 3.63) is 34.4 Å². The molecule has 6 nitrogen and oxygen atoms in total. The Balaban J connectivity index is 3.00. The van der Waals surface area contributed by atoms with Crippen LogP contribution in [0.1, 0.15) is 41.5 Å². The fourth-order valence-electron chi connectivity index (χ4n) is 4.25. The van der Waals surface area contributed by atoms with Crippen molar-refractivity contribution in [3.8, 4) is 0 Å². The highest BCUT2D eigenvalue weighted by molar-refractivity contribution is 6.66. The maximum Gasteiger partial charge on any atom is 0.334 e. The van der Waals surface area contributed by atoms with E-state index in [1.807, 2.05) is 0 Å². The van der Waals surface area contributed by atoms with E-state index >= 15 is 0 Å². The minimum Gasteiger partial charge on any atom is -0.398 e. The molecular weight excluding hydrogens is 481 g/mol. The van der Waals surface area contributed by atoms with Crippen molar-refractivity contribution >= 4 is 25.7 Å². The van der Waals surface area contributed by atoms with Gasteiger partial charge in [0.2, 0.25) is 0 Å². The highest BCUT2D eigenvalue weighted by atomic mass is 28.4. The fraction of sp³-hybridized carbons (Fsp3) is 0.760. The molecule has 1 aromatic rings. The van der Waals surface area contributed by atoms with E-state index in [-0.39, 0.29) is 0 Å². The SMILES string of the molecule is CO[Si](C)(CCCc1cc(CCC[Si](C)(OC)OC)c(C)c(CCC[Si](C)(OC)OC)c1)OC. The molecule has 0 spiro atoms. The van der Waals surface area contributed by atoms with Crippen molar-refractivity contribution in [2.24, 2.45) is 0 Å². The van der Waals surface area contributed by atoms with Crippen LogP contribution in [0.5, 0.6) is 0 Å². The lowest BCUT2D eigenvalue weighted by atomic mass is 9.92. The van der Waals surface area contributed by atoms with Gasteiger partial charge in [-0.1, -0.05) is 12.1 Å². The van der Waals surface area contributed by atoms with Crippen molar-refractivity contribution < 1.29 is 26.6 Å². The Hall–Kier alpha value is -0.369. The maximum absolute atomic E-state index is 5.69. The molecule has 1 aromatic carbocycles. The summed E-state index contributed by atoms with van der Waals surface area (Å²) in [6.45, 7) is 8.69. The van der Waals surface area contributed by atoms with Crippen LogP contribution in [-0.2, 0) is 45.8 Å². The van der Waals surface area contributed by atoms with E-state index in [1.165, 1.54) is 22.3 Å². The smallest absolute Gasteiger partial charge is 0.334 e. The van der Waals surface area contributed by atoms with Crippen molar-refractivity contribution in [3.63, 3.8) is 0 Å². The molecule has 0 saturated heterocycles. The number of benzene rings is 1. The van der Waals surface area contributed by atoms with Crippen LogP contribution >= 0.6 is 0 Å². The Morgan fingerprint density at radius 3 is 1.12 bits per heavy atom. The number of aryl methyl sites for hydroxylation is 3. The summed E-state index contributed by atoms with van der Waals surface area (Å²) in [5.74, 6) is 0. The van der Waals surface area contributed by atoms with E-state index in [4.69, 9.17) is 26.6 Å². The molecule has 9 heteroatoms. The molecule has 198 valence electrons. The average Bonchev–Trinajstić information content (AvgIpc) is 2.85. The molecular formula is C25H50O6Si3. The molecule has 0 aromatic heterocycles. The Morgan fingerprint density at radius 2 is 0.824 bits per heavy atom. The number of rotatable bonds is 18. The van der Waals surface area contributed by atoms with E-state index in [9.17, 15) is 0 Å². The minimum absolute atomic E-state index is 0.996. The molecule has 0 aliphatic carbocycles. The predicted octanol–water partition coefficient (Wildman–Crippen LogP) is 5.89. The quantitative estimate of drug-likeness (QED) is 0.221. The summed E-state index contributed by atoms with van der Waals surface area (Å²) in [7, 11) is 4.50. The van der Waals surface area contributed by atoms with Crippen LogP contribution in [0, 0.1) is 6.92 Å². The lowest BCUT2D eigenvalue weighted by molar-refractivity contribution is 0.248. The first-order chi connectivity index (χ1) is 16.0. The zero-order chi connectivity index (χ0) is 25.8. The van der Waals surface area contributed by atoms with Gasteiger partial charge in [-0.15, -0.1) is 0 Å². The van der Waals surface area contributed by atoms with Crippen molar-refractivity contribution in [2.75, 3.05) is 42.7 Å². The van der Waals surface area contributed by atoms with E-state index in [0.717, 1.165) is 56.7 Å². The fourth-order valence-corrected chi connectivity index (χ4v) is 8.43. The lowest BCUT2D eigenvalue weighted by Crippen LogP contribution is -2.36. The molecule has 0 radical (unpaired) electrons. The zero-order valence-electron chi connectivity index (χ0n) is 23.5. The molecule has 1 rings (SSSR count). The first-order valence-electron chi connectivity index (χ1n) is 12.5. The summed E-state index contributed by atoms with van der Waals surface area (Å²) in [5.41, 5.74) is 5.74. The van der Waals surface area contributed by atoms with Gasteiger partial charge in [0.15, 0.2) is 0 Å². The third-order valence-electron chi connectivity index (χ3n) is 7.52. The van der Waals surface area contributed by atoms with Crippen molar-refractivity contribution in [1.82, 2.24) is 0 Å². The van der Waals surface area contributed by atoms with Crippen molar-refractivity contribution in [1.29, 1.82) is 0 Å². The molecule has 0 fully saturated rings. The van der Waals surface area contributed by atoms with Crippen LogP contribution in [0.25, 0.3) is 0 Å². The normalized spacial score (nSPS) is 13.0. The van der Waals surface area contributed by atoms with E-state index in [1.54, 1.807) is 42.7 Å². The minimum atomic E-state index is -2.04. The predicted molar refractivity (Wildman–Crippen MR) is 147 cm³/mol. The zero-order valence-corrected chi connectivity index (χ0v) is 26.5. The number of hydrogen-bond acceptors (Lipinski definition) is 6. The van der Waals surface area contributed by atoms with Crippen LogP contribution in [0.2, 0.25) is 37.8 Å².